The van der Waals surface area contributed by atoms with E-state index in [1.807, 2.05) is 14.0 Å². The van der Waals surface area contributed by atoms with Crippen LogP contribution in [0.3, 0.4) is 0 Å². The number of carbonyl (C=O) groups is 1. The summed E-state index contributed by atoms with van der Waals surface area (Å²) in [6.07, 6.45) is 4.11. The molecule has 0 aromatic carbocycles. The van der Waals surface area contributed by atoms with Crippen LogP contribution in [0.15, 0.2) is 6.20 Å². The molecular weight excluding hydrogens is 292 g/mol. The number of hydrogen-bond acceptors (Lipinski definition) is 4. The molecule has 1 aliphatic rings. The van der Waals surface area contributed by atoms with Crippen molar-refractivity contribution in [3.63, 3.8) is 0 Å². The minimum atomic E-state index is -3.14. The van der Waals surface area contributed by atoms with Gasteiger partial charge >= 0.3 is 0 Å². The van der Waals surface area contributed by atoms with Crippen LogP contribution in [0.1, 0.15) is 24.1 Å². The SMILES string of the molecule is Cc1c(CNC(=O)C2CCN(S(C)(=O)=O)CC2)cnn1C. The van der Waals surface area contributed by atoms with Crippen molar-refractivity contribution in [2.75, 3.05) is 19.3 Å². The first-order valence-corrected chi connectivity index (χ1v) is 8.84. The Hall–Kier alpha value is -1.41. The van der Waals surface area contributed by atoms with E-state index in [0.717, 1.165) is 11.3 Å². The van der Waals surface area contributed by atoms with Crippen LogP contribution in [-0.4, -0.2) is 47.8 Å². The van der Waals surface area contributed by atoms with Crippen molar-refractivity contribution in [2.45, 2.75) is 26.3 Å². The van der Waals surface area contributed by atoms with Crippen LogP contribution in [0.5, 0.6) is 0 Å². The Labute approximate surface area is 125 Å². The van der Waals surface area contributed by atoms with Crippen LogP contribution in [0, 0.1) is 12.8 Å². The highest BCUT2D eigenvalue weighted by Gasteiger charge is 2.28. The van der Waals surface area contributed by atoms with Crippen LogP contribution in [-0.2, 0) is 28.4 Å². The van der Waals surface area contributed by atoms with Gasteiger partial charge in [-0.25, -0.2) is 12.7 Å². The normalized spacial score (nSPS) is 17.9. The van der Waals surface area contributed by atoms with Crippen LogP contribution in [0.4, 0.5) is 0 Å². The summed E-state index contributed by atoms with van der Waals surface area (Å²) in [4.78, 5) is 12.1. The van der Waals surface area contributed by atoms with E-state index in [0.29, 0.717) is 32.5 Å². The van der Waals surface area contributed by atoms with Gasteiger partial charge < -0.3 is 5.32 Å². The van der Waals surface area contributed by atoms with Gasteiger partial charge in [-0.3, -0.25) is 9.48 Å². The summed E-state index contributed by atoms with van der Waals surface area (Å²) < 4.78 is 26.1. The van der Waals surface area contributed by atoms with Crippen LogP contribution in [0.25, 0.3) is 0 Å². The van der Waals surface area contributed by atoms with E-state index in [9.17, 15) is 13.2 Å². The average molecular weight is 314 g/mol. The lowest BCUT2D eigenvalue weighted by atomic mass is 9.97. The Morgan fingerprint density at radius 2 is 2.05 bits per heavy atom. The highest BCUT2D eigenvalue weighted by Crippen LogP contribution is 2.19. The zero-order valence-corrected chi connectivity index (χ0v) is 13.5. The second-order valence-corrected chi connectivity index (χ2v) is 7.52. The monoisotopic (exact) mass is 314 g/mol. The summed E-state index contributed by atoms with van der Waals surface area (Å²) in [6, 6.07) is 0. The fourth-order valence-electron chi connectivity index (χ4n) is 2.49. The van der Waals surface area contributed by atoms with Gasteiger partial charge in [0.1, 0.15) is 0 Å². The maximum Gasteiger partial charge on any atom is 0.223 e. The van der Waals surface area contributed by atoms with Gasteiger partial charge in [-0.2, -0.15) is 5.10 Å². The van der Waals surface area contributed by atoms with Gasteiger partial charge in [-0.1, -0.05) is 0 Å². The van der Waals surface area contributed by atoms with Crippen molar-refractivity contribution >= 4 is 15.9 Å². The Bertz CT molecular complexity index is 615. The van der Waals surface area contributed by atoms with Gasteiger partial charge in [0.15, 0.2) is 0 Å². The van der Waals surface area contributed by atoms with Crippen LogP contribution < -0.4 is 5.32 Å². The average Bonchev–Trinajstić information content (AvgIpc) is 2.75. The minimum absolute atomic E-state index is 0.00796. The first-order valence-electron chi connectivity index (χ1n) is 6.99. The molecule has 21 heavy (non-hydrogen) atoms. The zero-order valence-electron chi connectivity index (χ0n) is 12.7. The number of aromatic nitrogens is 2. The summed E-state index contributed by atoms with van der Waals surface area (Å²) in [5.74, 6) is -0.119. The molecule has 7 nitrogen and oxygen atoms in total. The van der Waals surface area contributed by atoms with Gasteiger partial charge in [0.25, 0.3) is 0 Å². The molecular formula is C13H22N4O3S. The van der Waals surface area contributed by atoms with Crippen molar-refractivity contribution < 1.29 is 13.2 Å². The first-order chi connectivity index (χ1) is 9.79. The van der Waals surface area contributed by atoms with Crippen LogP contribution >= 0.6 is 0 Å². The molecule has 0 spiro atoms. The first kappa shape index (κ1) is 16.0. The summed E-state index contributed by atoms with van der Waals surface area (Å²) in [6.45, 7) is 3.26. The van der Waals surface area contributed by atoms with Crippen molar-refractivity contribution in [3.05, 3.63) is 17.5 Å². The van der Waals surface area contributed by atoms with Gasteiger partial charge in [0.05, 0.1) is 12.5 Å². The Kier molecular flexibility index (Phi) is 4.67. The number of rotatable bonds is 4. The Balaban J connectivity index is 1.84. The van der Waals surface area contributed by atoms with Crippen molar-refractivity contribution in [2.24, 2.45) is 13.0 Å². The molecule has 0 atom stereocenters. The number of aryl methyl sites for hydroxylation is 1. The molecule has 1 aromatic rings. The second kappa shape index (κ2) is 6.15. The standard InChI is InChI=1S/C13H22N4O3S/c1-10-12(9-15-16(10)2)8-14-13(18)11-4-6-17(7-5-11)21(3,19)20/h9,11H,4-8H2,1-3H3,(H,14,18). The number of nitrogens with zero attached hydrogens (tertiary/aromatic N) is 3. The van der Waals surface area contributed by atoms with E-state index in [2.05, 4.69) is 10.4 Å². The second-order valence-electron chi connectivity index (χ2n) is 5.53. The van der Waals surface area contributed by atoms with E-state index in [1.165, 1.54) is 10.6 Å². The molecule has 1 fully saturated rings. The van der Waals surface area contributed by atoms with Gasteiger partial charge in [0.2, 0.25) is 15.9 Å². The summed E-state index contributed by atoms with van der Waals surface area (Å²) >= 11 is 0. The molecule has 2 rings (SSSR count). The smallest absolute Gasteiger partial charge is 0.223 e. The number of hydrogen-bond donors (Lipinski definition) is 1. The third kappa shape index (κ3) is 3.82. The number of carbonyl (C=O) groups excluding carboxylic acids is 1. The maximum atomic E-state index is 12.1. The predicted octanol–water partition coefficient (Wildman–Crippen LogP) is 0.0163. The summed E-state index contributed by atoms with van der Waals surface area (Å²) in [5, 5.41) is 7.05. The number of piperidine rings is 1. The quantitative estimate of drug-likeness (QED) is 0.849. The van der Waals surface area contributed by atoms with E-state index in [1.54, 1.807) is 10.9 Å². The Morgan fingerprint density at radius 3 is 2.52 bits per heavy atom. The Morgan fingerprint density at radius 1 is 1.43 bits per heavy atom. The highest BCUT2D eigenvalue weighted by atomic mass is 32.2. The zero-order chi connectivity index (χ0) is 15.6. The van der Waals surface area contributed by atoms with Gasteiger partial charge in [-0.05, 0) is 19.8 Å². The summed E-state index contributed by atoms with van der Waals surface area (Å²) in [7, 11) is -1.28. The number of nitrogens with one attached hydrogen (secondary N) is 1. The van der Waals surface area contributed by atoms with E-state index < -0.39 is 10.0 Å². The van der Waals surface area contributed by atoms with Gasteiger partial charge in [-0.15, -0.1) is 0 Å². The lowest BCUT2D eigenvalue weighted by molar-refractivity contribution is -0.126. The van der Waals surface area contributed by atoms with E-state index >= 15 is 0 Å². The molecule has 0 aliphatic carbocycles. The molecule has 2 heterocycles. The summed E-state index contributed by atoms with van der Waals surface area (Å²) in [5.41, 5.74) is 2.03. The topological polar surface area (TPSA) is 84.3 Å². The fourth-order valence-corrected chi connectivity index (χ4v) is 3.37. The van der Waals surface area contributed by atoms with Crippen molar-refractivity contribution in [1.82, 2.24) is 19.4 Å². The molecule has 1 N–H and O–H groups in total. The minimum Gasteiger partial charge on any atom is -0.352 e. The fraction of sp³-hybridized carbons (Fsp3) is 0.692. The third-order valence-electron chi connectivity index (χ3n) is 4.08. The molecule has 1 aromatic heterocycles. The van der Waals surface area contributed by atoms with Crippen LogP contribution in [0.2, 0.25) is 0 Å². The van der Waals surface area contributed by atoms with Gasteiger partial charge in [0, 0.05) is 43.9 Å². The lowest BCUT2D eigenvalue weighted by Crippen LogP contribution is -2.42. The molecule has 0 radical (unpaired) electrons. The van der Waals surface area contributed by atoms with Crippen molar-refractivity contribution in [1.29, 1.82) is 0 Å². The van der Waals surface area contributed by atoms with Crippen molar-refractivity contribution in [3.8, 4) is 0 Å². The maximum absolute atomic E-state index is 12.1. The largest absolute Gasteiger partial charge is 0.352 e. The van der Waals surface area contributed by atoms with E-state index in [-0.39, 0.29) is 11.8 Å². The molecule has 0 saturated carbocycles. The highest BCUT2D eigenvalue weighted by molar-refractivity contribution is 7.88. The molecule has 1 aliphatic heterocycles. The number of amides is 1. The van der Waals surface area contributed by atoms with E-state index in [4.69, 9.17) is 0 Å². The lowest BCUT2D eigenvalue weighted by Gasteiger charge is -2.29. The molecule has 1 amide bonds. The third-order valence-corrected chi connectivity index (χ3v) is 5.39. The molecule has 1 saturated heterocycles. The molecule has 0 unspecified atom stereocenters. The predicted molar refractivity (Wildman–Crippen MR) is 78.9 cm³/mol. The molecule has 118 valence electrons. The molecule has 8 heteroatoms. The molecule has 0 bridgehead atoms. The number of sulfonamides is 1.